The molecule has 1 saturated heterocycles. The highest BCUT2D eigenvalue weighted by Crippen LogP contribution is 2.19. The van der Waals surface area contributed by atoms with Gasteiger partial charge in [-0.15, -0.1) is 0 Å². The predicted octanol–water partition coefficient (Wildman–Crippen LogP) is 2.32. The average Bonchev–Trinajstić information content (AvgIpc) is 3.23. The molecule has 3 rings (SSSR count). The van der Waals surface area contributed by atoms with E-state index in [0.717, 1.165) is 5.56 Å². The molecule has 166 valence electrons. The molecule has 2 aromatic carbocycles. The summed E-state index contributed by atoms with van der Waals surface area (Å²) in [5, 5.41) is 9.65. The molecule has 1 amide bonds. The SMILES string of the molecule is O=C(O)[C@@H]1CCCN1C(=O)COc1cccc(CCNS(=O)(=O)c2ccc(Cl)cc2)c1. The molecule has 0 bridgehead atoms. The molecule has 0 spiro atoms. The number of carbonyl (C=O) groups excluding carboxylic acids is 1. The van der Waals surface area contributed by atoms with Gasteiger partial charge < -0.3 is 14.7 Å². The number of nitrogens with one attached hydrogen (secondary N) is 1. The number of nitrogens with zero attached hydrogens (tertiary/aromatic N) is 1. The second-order valence-corrected chi connectivity index (χ2v) is 9.32. The number of amides is 1. The van der Waals surface area contributed by atoms with Crippen molar-refractivity contribution in [3.8, 4) is 5.75 Å². The molecule has 0 saturated carbocycles. The summed E-state index contributed by atoms with van der Waals surface area (Å²) in [5.41, 5.74) is 0.827. The van der Waals surface area contributed by atoms with E-state index in [0.29, 0.717) is 36.6 Å². The van der Waals surface area contributed by atoms with Crippen LogP contribution in [-0.4, -0.2) is 56.0 Å². The molecule has 2 N–H and O–H groups in total. The zero-order valence-corrected chi connectivity index (χ0v) is 18.2. The summed E-state index contributed by atoms with van der Waals surface area (Å²) in [5.74, 6) is -0.919. The normalized spacial score (nSPS) is 16.3. The van der Waals surface area contributed by atoms with Gasteiger partial charge in [0.25, 0.3) is 5.91 Å². The van der Waals surface area contributed by atoms with Crippen LogP contribution < -0.4 is 9.46 Å². The van der Waals surface area contributed by atoms with Crippen molar-refractivity contribution >= 4 is 33.5 Å². The number of rotatable bonds is 9. The fraction of sp³-hybridized carbons (Fsp3) is 0.333. The van der Waals surface area contributed by atoms with Crippen LogP contribution in [0.15, 0.2) is 53.4 Å². The van der Waals surface area contributed by atoms with Crippen molar-refractivity contribution in [3.05, 3.63) is 59.1 Å². The van der Waals surface area contributed by atoms with E-state index in [1.807, 2.05) is 6.07 Å². The van der Waals surface area contributed by atoms with Gasteiger partial charge in [-0.25, -0.2) is 17.9 Å². The van der Waals surface area contributed by atoms with Gasteiger partial charge >= 0.3 is 5.97 Å². The van der Waals surface area contributed by atoms with Crippen molar-refractivity contribution in [1.29, 1.82) is 0 Å². The molecule has 2 aromatic rings. The van der Waals surface area contributed by atoms with E-state index < -0.39 is 22.0 Å². The Kier molecular flexibility index (Phi) is 7.53. The van der Waals surface area contributed by atoms with Gasteiger partial charge in [0.15, 0.2) is 6.61 Å². The molecule has 0 aliphatic carbocycles. The number of sulfonamides is 1. The summed E-state index contributed by atoms with van der Waals surface area (Å²) in [6, 6.07) is 12.1. The summed E-state index contributed by atoms with van der Waals surface area (Å²) < 4.78 is 32.7. The average molecular weight is 467 g/mol. The molecule has 10 heteroatoms. The van der Waals surface area contributed by atoms with Crippen LogP contribution in [0.3, 0.4) is 0 Å². The maximum Gasteiger partial charge on any atom is 0.326 e. The molecule has 31 heavy (non-hydrogen) atoms. The number of aliphatic carboxylic acids is 1. The van der Waals surface area contributed by atoms with Gasteiger partial charge in [-0.1, -0.05) is 23.7 Å². The third-order valence-electron chi connectivity index (χ3n) is 4.95. The fourth-order valence-corrected chi connectivity index (χ4v) is 4.53. The monoisotopic (exact) mass is 466 g/mol. The van der Waals surface area contributed by atoms with Crippen LogP contribution in [0.4, 0.5) is 0 Å². The van der Waals surface area contributed by atoms with E-state index in [1.165, 1.54) is 29.2 Å². The summed E-state index contributed by atoms with van der Waals surface area (Å²) in [6.07, 6.45) is 1.53. The van der Waals surface area contributed by atoms with Crippen molar-refractivity contribution in [1.82, 2.24) is 9.62 Å². The standard InChI is InChI=1S/C21H23ClN2O6S/c22-16-6-8-18(9-7-16)31(28,29)23-11-10-15-3-1-4-17(13-15)30-14-20(25)24-12-2-5-19(24)21(26)27/h1,3-4,6-9,13,19,23H,2,5,10-12,14H2,(H,26,27)/t19-/m0/s1. The number of carboxylic acid groups (broad SMARTS) is 1. The van der Waals surface area contributed by atoms with Crippen LogP contribution in [0.5, 0.6) is 5.75 Å². The Labute approximate surface area is 185 Å². The van der Waals surface area contributed by atoms with Gasteiger partial charge in [-0.2, -0.15) is 0 Å². The maximum absolute atomic E-state index is 12.3. The van der Waals surface area contributed by atoms with Crippen LogP contribution in [-0.2, 0) is 26.0 Å². The number of likely N-dealkylation sites (tertiary alicyclic amines) is 1. The first-order valence-corrected chi connectivity index (χ1v) is 11.6. The zero-order chi connectivity index (χ0) is 22.4. The lowest BCUT2D eigenvalue weighted by atomic mass is 10.1. The topological polar surface area (TPSA) is 113 Å². The molecule has 1 fully saturated rings. The fourth-order valence-electron chi connectivity index (χ4n) is 3.37. The number of benzene rings is 2. The summed E-state index contributed by atoms with van der Waals surface area (Å²) in [4.78, 5) is 25.0. The first-order chi connectivity index (χ1) is 14.8. The lowest BCUT2D eigenvalue weighted by Crippen LogP contribution is -2.42. The van der Waals surface area contributed by atoms with Crippen molar-refractivity contribution in [2.75, 3.05) is 19.7 Å². The zero-order valence-electron chi connectivity index (χ0n) is 16.7. The van der Waals surface area contributed by atoms with E-state index in [2.05, 4.69) is 4.72 Å². The number of halogens is 1. The minimum Gasteiger partial charge on any atom is -0.484 e. The molecular weight excluding hydrogens is 444 g/mol. The quantitative estimate of drug-likeness (QED) is 0.586. The lowest BCUT2D eigenvalue weighted by Gasteiger charge is -2.21. The van der Waals surface area contributed by atoms with E-state index >= 15 is 0 Å². The summed E-state index contributed by atoms with van der Waals surface area (Å²) in [6.45, 7) is 0.338. The van der Waals surface area contributed by atoms with Crippen LogP contribution >= 0.6 is 11.6 Å². The van der Waals surface area contributed by atoms with Crippen LogP contribution in [0, 0.1) is 0 Å². The Balaban J connectivity index is 1.51. The Morgan fingerprint density at radius 1 is 1.19 bits per heavy atom. The number of ether oxygens (including phenoxy) is 1. The highest BCUT2D eigenvalue weighted by atomic mass is 35.5. The molecule has 1 atom stereocenters. The van der Waals surface area contributed by atoms with Gasteiger partial charge in [0.2, 0.25) is 10.0 Å². The number of hydrogen-bond donors (Lipinski definition) is 2. The minimum absolute atomic E-state index is 0.133. The molecule has 1 aliphatic heterocycles. The number of carboxylic acids is 1. The van der Waals surface area contributed by atoms with Gasteiger partial charge in [0.1, 0.15) is 11.8 Å². The molecule has 1 heterocycles. The van der Waals surface area contributed by atoms with Crippen molar-refractivity contribution < 1.29 is 27.9 Å². The smallest absolute Gasteiger partial charge is 0.326 e. The summed E-state index contributed by atoms with van der Waals surface area (Å²) in [7, 11) is -3.64. The highest BCUT2D eigenvalue weighted by molar-refractivity contribution is 7.89. The Morgan fingerprint density at radius 2 is 1.94 bits per heavy atom. The van der Waals surface area contributed by atoms with Gasteiger partial charge in [-0.3, -0.25) is 4.79 Å². The number of carbonyl (C=O) groups is 2. The Bertz CT molecular complexity index is 1040. The van der Waals surface area contributed by atoms with Crippen molar-refractivity contribution in [3.63, 3.8) is 0 Å². The molecular formula is C21H23ClN2O6S. The number of hydrogen-bond acceptors (Lipinski definition) is 5. The van der Waals surface area contributed by atoms with Crippen LogP contribution in [0.1, 0.15) is 18.4 Å². The second-order valence-electron chi connectivity index (χ2n) is 7.12. The third-order valence-corrected chi connectivity index (χ3v) is 6.68. The Hall–Kier alpha value is -2.62. The minimum atomic E-state index is -3.64. The first kappa shape index (κ1) is 23.1. The largest absolute Gasteiger partial charge is 0.484 e. The third kappa shape index (κ3) is 6.19. The molecule has 0 unspecified atom stereocenters. The van der Waals surface area contributed by atoms with E-state index in [1.54, 1.807) is 18.2 Å². The Morgan fingerprint density at radius 3 is 2.65 bits per heavy atom. The molecule has 8 nitrogen and oxygen atoms in total. The molecule has 0 radical (unpaired) electrons. The van der Waals surface area contributed by atoms with Gasteiger partial charge in [0, 0.05) is 18.1 Å². The predicted molar refractivity (Wildman–Crippen MR) is 115 cm³/mol. The lowest BCUT2D eigenvalue weighted by molar-refractivity contribution is -0.148. The van der Waals surface area contributed by atoms with E-state index in [-0.39, 0.29) is 24.0 Å². The summed E-state index contributed by atoms with van der Waals surface area (Å²) >= 11 is 5.79. The van der Waals surface area contributed by atoms with Crippen LogP contribution in [0.2, 0.25) is 5.02 Å². The van der Waals surface area contributed by atoms with Gasteiger partial charge in [-0.05, 0) is 61.2 Å². The van der Waals surface area contributed by atoms with Crippen molar-refractivity contribution in [2.45, 2.75) is 30.2 Å². The van der Waals surface area contributed by atoms with E-state index in [9.17, 15) is 23.1 Å². The highest BCUT2D eigenvalue weighted by Gasteiger charge is 2.33. The van der Waals surface area contributed by atoms with Gasteiger partial charge in [0.05, 0.1) is 4.90 Å². The van der Waals surface area contributed by atoms with Crippen LogP contribution in [0.25, 0.3) is 0 Å². The first-order valence-electron chi connectivity index (χ1n) is 9.75. The second kappa shape index (κ2) is 10.1. The molecule has 0 aromatic heterocycles. The van der Waals surface area contributed by atoms with Crippen molar-refractivity contribution in [2.24, 2.45) is 0 Å². The molecule has 1 aliphatic rings. The maximum atomic E-state index is 12.3. The van der Waals surface area contributed by atoms with E-state index in [4.69, 9.17) is 16.3 Å².